The van der Waals surface area contributed by atoms with Crippen molar-refractivity contribution in [2.75, 3.05) is 0 Å². The zero-order chi connectivity index (χ0) is 40.0. The fourth-order valence-electron chi connectivity index (χ4n) is 9.03. The van der Waals surface area contributed by atoms with Crippen LogP contribution in [0.3, 0.4) is 0 Å². The van der Waals surface area contributed by atoms with Gasteiger partial charge in [-0.2, -0.15) is 0 Å². The number of aromatic nitrogens is 5. The van der Waals surface area contributed by atoms with E-state index in [2.05, 4.69) is 144 Å². The lowest BCUT2D eigenvalue weighted by Gasteiger charge is -2.12. The maximum Gasteiger partial charge on any atom is 0.227 e. The van der Waals surface area contributed by atoms with Gasteiger partial charge in [-0.1, -0.05) is 127 Å². The summed E-state index contributed by atoms with van der Waals surface area (Å²) in [4.78, 5) is 20.7. The molecule has 0 aliphatic carbocycles. The summed E-state index contributed by atoms with van der Waals surface area (Å²) in [7, 11) is 0. The molecule has 0 atom stereocenters. The van der Waals surface area contributed by atoms with Crippen molar-refractivity contribution in [2.24, 2.45) is 0 Å². The number of fused-ring (bicyclic) bond motifs is 11. The topological polar surface area (TPSA) is 82.8 Å². The number of para-hydroxylation sites is 2. The van der Waals surface area contributed by atoms with E-state index in [4.69, 9.17) is 28.8 Å². The highest BCUT2D eigenvalue weighted by Crippen LogP contribution is 2.41. The van der Waals surface area contributed by atoms with Crippen molar-refractivity contribution in [1.82, 2.24) is 24.5 Å². The molecule has 0 amide bonds. The molecule has 13 aromatic rings. The molecule has 7 nitrogen and oxygen atoms in total. The van der Waals surface area contributed by atoms with Gasteiger partial charge in [-0.15, -0.1) is 0 Å². The van der Waals surface area contributed by atoms with E-state index in [1.165, 1.54) is 10.8 Å². The number of hydrogen-bond acceptors (Lipinski definition) is 6. The number of nitrogens with zero attached hydrogens (tertiary/aromatic N) is 5. The number of benzene rings is 9. The van der Waals surface area contributed by atoms with Gasteiger partial charge in [-0.25, -0.2) is 19.9 Å². The molecule has 61 heavy (non-hydrogen) atoms. The fourth-order valence-corrected chi connectivity index (χ4v) is 9.03. The molecule has 0 aliphatic rings. The van der Waals surface area contributed by atoms with E-state index >= 15 is 0 Å². The molecular formula is C54H31N5O2. The van der Waals surface area contributed by atoms with Crippen LogP contribution in [0.25, 0.3) is 128 Å². The average molecular weight is 782 g/mol. The molecular weight excluding hydrogens is 751 g/mol. The fraction of sp³-hybridized carbons (Fsp3) is 0. The number of furan rings is 1. The second-order valence-corrected chi connectivity index (χ2v) is 15.4. The monoisotopic (exact) mass is 781 g/mol. The predicted octanol–water partition coefficient (Wildman–Crippen LogP) is 14.0. The predicted molar refractivity (Wildman–Crippen MR) is 246 cm³/mol. The lowest BCUT2D eigenvalue weighted by atomic mass is 10.0. The quantitative estimate of drug-likeness (QED) is 0.173. The minimum atomic E-state index is 0.572. The van der Waals surface area contributed by atoms with Crippen molar-refractivity contribution in [2.45, 2.75) is 0 Å². The second kappa shape index (κ2) is 13.0. The smallest absolute Gasteiger partial charge is 0.227 e. The first-order valence-corrected chi connectivity index (χ1v) is 20.3. The van der Waals surface area contributed by atoms with Crippen molar-refractivity contribution in [3.05, 3.63) is 188 Å². The summed E-state index contributed by atoms with van der Waals surface area (Å²) < 4.78 is 15.3. The van der Waals surface area contributed by atoms with Crippen LogP contribution in [0.2, 0.25) is 0 Å². The zero-order valence-electron chi connectivity index (χ0n) is 32.5. The molecule has 0 N–H and O–H groups in total. The summed E-state index contributed by atoms with van der Waals surface area (Å²) in [5.41, 5.74) is 9.91. The molecule has 0 aliphatic heterocycles. The number of oxazole rings is 1. The standard InChI is InChI=1S/C54H31N5O2/c1-2-13-33(14-3-1)54-55-49-47(61-54)29-28-46-48(49)43-27-26-38-41(50(43)60-46)20-11-21-42(38)53-57-51(56-52(58-53)36-25-24-32-12-4-5-15-34(32)30-36)35-16-10-17-37(31-35)59-44-22-8-6-18-39(44)40-19-7-9-23-45(40)59/h1-31H. The van der Waals surface area contributed by atoms with Gasteiger partial charge in [-0.05, 0) is 76.8 Å². The highest BCUT2D eigenvalue weighted by molar-refractivity contribution is 6.23. The van der Waals surface area contributed by atoms with Crippen molar-refractivity contribution in [3.8, 4) is 51.3 Å². The molecule has 0 unspecified atom stereocenters. The second-order valence-electron chi connectivity index (χ2n) is 15.4. The maximum absolute atomic E-state index is 6.68. The van der Waals surface area contributed by atoms with Crippen LogP contribution in [-0.2, 0) is 0 Å². The van der Waals surface area contributed by atoms with Crippen LogP contribution >= 0.6 is 0 Å². The van der Waals surface area contributed by atoms with Crippen LogP contribution in [0.1, 0.15) is 0 Å². The summed E-state index contributed by atoms with van der Waals surface area (Å²) in [6, 6.07) is 64.7. The Morgan fingerprint density at radius 3 is 1.84 bits per heavy atom. The Balaban J connectivity index is 1.01. The highest BCUT2D eigenvalue weighted by Gasteiger charge is 2.21. The summed E-state index contributed by atoms with van der Waals surface area (Å²) in [5.74, 6) is 2.33. The lowest BCUT2D eigenvalue weighted by Crippen LogP contribution is -2.01. The van der Waals surface area contributed by atoms with Crippen LogP contribution < -0.4 is 0 Å². The Bertz CT molecular complexity index is 3850. The van der Waals surface area contributed by atoms with Crippen LogP contribution in [-0.4, -0.2) is 24.5 Å². The molecule has 284 valence electrons. The van der Waals surface area contributed by atoms with Crippen molar-refractivity contribution >= 4 is 76.4 Å². The summed E-state index contributed by atoms with van der Waals surface area (Å²) >= 11 is 0. The van der Waals surface area contributed by atoms with Crippen LogP contribution in [0.15, 0.2) is 197 Å². The normalized spacial score (nSPS) is 11.9. The SMILES string of the molecule is c1ccc(-c2nc3c(ccc4oc5c6cccc(-c7nc(-c8cccc(-n9c%10ccccc%10c%10ccccc%109)c8)nc(-c8ccc9ccccc9c8)n7)c6ccc5c43)o2)cc1. The highest BCUT2D eigenvalue weighted by atomic mass is 16.4. The molecule has 0 spiro atoms. The summed E-state index contributed by atoms with van der Waals surface area (Å²) in [6.07, 6.45) is 0. The van der Waals surface area contributed by atoms with E-state index in [9.17, 15) is 0 Å². The molecule has 4 aromatic heterocycles. The van der Waals surface area contributed by atoms with Gasteiger partial charge in [0, 0.05) is 49.5 Å². The maximum atomic E-state index is 6.68. The Kier molecular flexibility index (Phi) is 7.17. The Hall–Kier alpha value is -8.42. The molecule has 0 saturated heterocycles. The first-order valence-electron chi connectivity index (χ1n) is 20.3. The zero-order valence-corrected chi connectivity index (χ0v) is 32.5. The van der Waals surface area contributed by atoms with Gasteiger partial charge in [-0.3, -0.25) is 0 Å². The van der Waals surface area contributed by atoms with Crippen molar-refractivity contribution in [3.63, 3.8) is 0 Å². The average Bonchev–Trinajstić information content (AvgIpc) is 4.04. The molecule has 9 aromatic carbocycles. The third-order valence-electron chi connectivity index (χ3n) is 11.9. The molecule has 0 saturated carbocycles. The van der Waals surface area contributed by atoms with E-state index < -0.39 is 0 Å². The van der Waals surface area contributed by atoms with Gasteiger partial charge in [0.1, 0.15) is 16.7 Å². The van der Waals surface area contributed by atoms with Gasteiger partial charge in [0.25, 0.3) is 0 Å². The van der Waals surface area contributed by atoms with Gasteiger partial charge in [0.2, 0.25) is 5.89 Å². The largest absolute Gasteiger partial charge is 0.455 e. The molecule has 0 radical (unpaired) electrons. The Labute approximate surface area is 347 Å². The Morgan fingerprint density at radius 1 is 0.377 bits per heavy atom. The van der Waals surface area contributed by atoms with Crippen LogP contribution in [0, 0.1) is 0 Å². The van der Waals surface area contributed by atoms with Gasteiger partial charge >= 0.3 is 0 Å². The lowest BCUT2D eigenvalue weighted by molar-refractivity contribution is 0.619. The first-order chi connectivity index (χ1) is 30.2. The van der Waals surface area contributed by atoms with Gasteiger partial charge < -0.3 is 13.4 Å². The van der Waals surface area contributed by atoms with Crippen LogP contribution in [0.4, 0.5) is 0 Å². The van der Waals surface area contributed by atoms with E-state index in [1.807, 2.05) is 48.5 Å². The van der Waals surface area contributed by atoms with Crippen LogP contribution in [0.5, 0.6) is 0 Å². The molecule has 13 rings (SSSR count). The van der Waals surface area contributed by atoms with E-state index in [1.54, 1.807) is 0 Å². The van der Waals surface area contributed by atoms with E-state index in [0.717, 1.165) is 88.0 Å². The molecule has 0 bridgehead atoms. The van der Waals surface area contributed by atoms with E-state index in [-0.39, 0.29) is 0 Å². The Morgan fingerprint density at radius 2 is 1.02 bits per heavy atom. The third kappa shape index (κ3) is 5.24. The number of hydrogen-bond donors (Lipinski definition) is 0. The summed E-state index contributed by atoms with van der Waals surface area (Å²) in [6.45, 7) is 0. The third-order valence-corrected chi connectivity index (χ3v) is 11.9. The minimum absolute atomic E-state index is 0.572. The molecule has 7 heteroatoms. The van der Waals surface area contributed by atoms with Crippen molar-refractivity contribution in [1.29, 1.82) is 0 Å². The number of rotatable bonds is 5. The van der Waals surface area contributed by atoms with Gasteiger partial charge in [0.15, 0.2) is 23.1 Å². The first kappa shape index (κ1) is 33.5. The molecule has 0 fully saturated rings. The minimum Gasteiger partial charge on any atom is -0.455 e. The van der Waals surface area contributed by atoms with Crippen molar-refractivity contribution < 1.29 is 8.83 Å². The van der Waals surface area contributed by atoms with Gasteiger partial charge in [0.05, 0.1) is 16.4 Å². The van der Waals surface area contributed by atoms with E-state index in [0.29, 0.717) is 28.9 Å². The molecule has 4 heterocycles. The summed E-state index contributed by atoms with van der Waals surface area (Å²) in [5, 5.41) is 8.50.